The fourth-order valence-corrected chi connectivity index (χ4v) is 3.28. The molecule has 0 saturated carbocycles. The summed E-state index contributed by atoms with van der Waals surface area (Å²) < 4.78 is 6.03. The van der Waals surface area contributed by atoms with Gasteiger partial charge in [-0.2, -0.15) is 0 Å². The minimum atomic E-state index is 0.264. The summed E-state index contributed by atoms with van der Waals surface area (Å²) in [5.74, 6) is 1.84. The number of benzene rings is 1. The molecule has 1 fully saturated rings. The Hall–Kier alpha value is -1.36. The molecular weight excluding hydrogens is 345 g/mol. The summed E-state index contributed by atoms with van der Waals surface area (Å²) in [5, 5.41) is 1.14. The highest BCUT2D eigenvalue weighted by Crippen LogP contribution is 2.24. The second kappa shape index (κ2) is 7.68. The third-order valence-corrected chi connectivity index (χ3v) is 4.93. The van der Waals surface area contributed by atoms with Crippen molar-refractivity contribution in [2.75, 3.05) is 18.0 Å². The van der Waals surface area contributed by atoms with Crippen LogP contribution in [-0.4, -0.2) is 29.2 Å². The highest BCUT2D eigenvalue weighted by Gasteiger charge is 2.21. The minimum absolute atomic E-state index is 0.264. The van der Waals surface area contributed by atoms with Gasteiger partial charge in [-0.1, -0.05) is 29.3 Å². The van der Waals surface area contributed by atoms with Gasteiger partial charge in [-0.05, 0) is 44.4 Å². The molecule has 4 nitrogen and oxygen atoms in total. The van der Waals surface area contributed by atoms with Crippen LogP contribution in [0.3, 0.4) is 0 Å². The van der Waals surface area contributed by atoms with E-state index in [1.807, 2.05) is 38.1 Å². The van der Waals surface area contributed by atoms with E-state index in [1.165, 1.54) is 0 Å². The van der Waals surface area contributed by atoms with Crippen LogP contribution in [0.25, 0.3) is 0 Å². The van der Waals surface area contributed by atoms with E-state index < -0.39 is 0 Å². The quantitative estimate of drug-likeness (QED) is 0.794. The summed E-state index contributed by atoms with van der Waals surface area (Å²) in [4.78, 5) is 11.2. The number of rotatable bonds is 4. The van der Waals surface area contributed by atoms with Crippen molar-refractivity contribution in [2.45, 2.75) is 39.4 Å². The third-order valence-electron chi connectivity index (χ3n) is 4.19. The van der Waals surface area contributed by atoms with Crippen LogP contribution in [0.4, 0.5) is 5.82 Å². The summed E-state index contributed by atoms with van der Waals surface area (Å²) in [7, 11) is 0. The summed E-state index contributed by atoms with van der Waals surface area (Å²) in [5.41, 5.74) is 2.06. The topological polar surface area (TPSA) is 38.2 Å². The predicted octanol–water partition coefficient (Wildman–Crippen LogP) is 4.59. The van der Waals surface area contributed by atoms with Crippen LogP contribution < -0.4 is 4.90 Å². The van der Waals surface area contributed by atoms with Gasteiger partial charge in [0.05, 0.1) is 22.8 Å². The maximum absolute atomic E-state index is 6.04. The Morgan fingerprint density at radius 2 is 1.83 bits per heavy atom. The number of nitrogens with zero attached hydrogens (tertiary/aromatic N) is 3. The molecule has 0 atom stereocenters. The van der Waals surface area contributed by atoms with E-state index in [4.69, 9.17) is 27.9 Å². The van der Waals surface area contributed by atoms with Crippen molar-refractivity contribution in [2.24, 2.45) is 0 Å². The average molecular weight is 366 g/mol. The van der Waals surface area contributed by atoms with Gasteiger partial charge in [0.15, 0.2) is 0 Å². The third kappa shape index (κ3) is 4.38. The highest BCUT2D eigenvalue weighted by molar-refractivity contribution is 6.42. The lowest BCUT2D eigenvalue weighted by Gasteiger charge is -2.33. The first-order valence-electron chi connectivity index (χ1n) is 8.14. The largest absolute Gasteiger partial charge is 0.373 e. The van der Waals surface area contributed by atoms with Crippen LogP contribution in [-0.2, 0) is 11.3 Å². The Kier molecular flexibility index (Phi) is 5.59. The predicted molar refractivity (Wildman–Crippen MR) is 98.0 cm³/mol. The number of anilines is 1. The van der Waals surface area contributed by atoms with Crippen molar-refractivity contribution in [3.8, 4) is 0 Å². The molecule has 24 heavy (non-hydrogen) atoms. The van der Waals surface area contributed by atoms with E-state index in [0.29, 0.717) is 16.7 Å². The molecule has 1 aliphatic rings. The lowest BCUT2D eigenvalue weighted by molar-refractivity contribution is 0.0250. The Labute approximate surface area is 152 Å². The van der Waals surface area contributed by atoms with Gasteiger partial charge in [0, 0.05) is 24.8 Å². The normalized spacial score (nSPS) is 15.8. The molecule has 1 aromatic heterocycles. The molecule has 0 spiro atoms. The molecule has 0 bridgehead atoms. The number of ether oxygens (including phenoxy) is 1. The van der Waals surface area contributed by atoms with Crippen molar-refractivity contribution in [1.29, 1.82) is 0 Å². The van der Waals surface area contributed by atoms with E-state index in [-0.39, 0.29) is 6.10 Å². The number of halogens is 2. The second-order valence-electron chi connectivity index (χ2n) is 6.16. The minimum Gasteiger partial charge on any atom is -0.373 e. The van der Waals surface area contributed by atoms with Crippen LogP contribution in [0, 0.1) is 13.8 Å². The van der Waals surface area contributed by atoms with Crippen LogP contribution in [0.5, 0.6) is 0 Å². The standard InChI is InChI=1S/C18H21Cl2N3O/c1-12-9-18(22-13(2)21-12)23-7-5-15(6-8-23)24-11-14-3-4-16(19)17(20)10-14/h3-4,9-10,15H,5-8,11H2,1-2H3. The molecule has 0 unspecified atom stereocenters. The number of hydrogen-bond acceptors (Lipinski definition) is 4. The molecule has 1 saturated heterocycles. The van der Waals surface area contributed by atoms with Crippen LogP contribution in [0.1, 0.15) is 29.9 Å². The molecule has 3 rings (SSSR count). The monoisotopic (exact) mass is 365 g/mol. The summed E-state index contributed by atoms with van der Waals surface area (Å²) in [6.45, 7) is 6.39. The zero-order valence-corrected chi connectivity index (χ0v) is 15.4. The first-order chi connectivity index (χ1) is 11.5. The van der Waals surface area contributed by atoms with E-state index in [0.717, 1.165) is 48.8 Å². The molecule has 1 aromatic carbocycles. The van der Waals surface area contributed by atoms with Crippen LogP contribution >= 0.6 is 23.2 Å². The van der Waals surface area contributed by atoms with E-state index in [1.54, 1.807) is 0 Å². The van der Waals surface area contributed by atoms with Gasteiger partial charge in [0.25, 0.3) is 0 Å². The van der Waals surface area contributed by atoms with Gasteiger partial charge >= 0.3 is 0 Å². The zero-order chi connectivity index (χ0) is 17.1. The first-order valence-corrected chi connectivity index (χ1v) is 8.89. The van der Waals surface area contributed by atoms with Crippen molar-refractivity contribution in [3.63, 3.8) is 0 Å². The number of aryl methyl sites for hydroxylation is 2. The fourth-order valence-electron chi connectivity index (χ4n) is 2.95. The average Bonchev–Trinajstić information content (AvgIpc) is 2.55. The highest BCUT2D eigenvalue weighted by atomic mass is 35.5. The number of piperidine rings is 1. The molecule has 0 radical (unpaired) electrons. The van der Waals surface area contributed by atoms with Gasteiger partial charge < -0.3 is 9.64 Å². The summed E-state index contributed by atoms with van der Waals surface area (Å²) in [6.07, 6.45) is 2.24. The molecule has 0 aliphatic carbocycles. The van der Waals surface area contributed by atoms with Crippen molar-refractivity contribution < 1.29 is 4.74 Å². The van der Waals surface area contributed by atoms with Gasteiger partial charge in [0.1, 0.15) is 11.6 Å². The zero-order valence-electron chi connectivity index (χ0n) is 13.9. The molecular formula is C18H21Cl2N3O. The Morgan fingerprint density at radius 1 is 1.08 bits per heavy atom. The summed E-state index contributed by atoms with van der Waals surface area (Å²) in [6, 6.07) is 7.68. The molecule has 2 heterocycles. The Balaban J connectivity index is 1.52. The Bertz CT molecular complexity index is 695. The smallest absolute Gasteiger partial charge is 0.132 e. The molecule has 1 aliphatic heterocycles. The van der Waals surface area contributed by atoms with E-state index >= 15 is 0 Å². The number of hydrogen-bond donors (Lipinski definition) is 0. The van der Waals surface area contributed by atoms with E-state index in [9.17, 15) is 0 Å². The van der Waals surface area contributed by atoms with Crippen molar-refractivity contribution in [1.82, 2.24) is 9.97 Å². The molecule has 2 aromatic rings. The van der Waals surface area contributed by atoms with Gasteiger partial charge in [-0.25, -0.2) is 9.97 Å². The van der Waals surface area contributed by atoms with Gasteiger partial charge in [-0.15, -0.1) is 0 Å². The Morgan fingerprint density at radius 3 is 2.50 bits per heavy atom. The van der Waals surface area contributed by atoms with Crippen LogP contribution in [0.15, 0.2) is 24.3 Å². The molecule has 0 amide bonds. The molecule has 0 N–H and O–H groups in total. The van der Waals surface area contributed by atoms with Crippen molar-refractivity contribution in [3.05, 3.63) is 51.4 Å². The van der Waals surface area contributed by atoms with Gasteiger partial charge in [-0.3, -0.25) is 0 Å². The second-order valence-corrected chi connectivity index (χ2v) is 6.98. The maximum Gasteiger partial charge on any atom is 0.132 e. The fraction of sp³-hybridized carbons (Fsp3) is 0.444. The van der Waals surface area contributed by atoms with Crippen molar-refractivity contribution >= 4 is 29.0 Å². The summed E-state index contributed by atoms with van der Waals surface area (Å²) >= 11 is 12.0. The first kappa shape index (κ1) is 17.5. The maximum atomic E-state index is 6.04. The molecule has 128 valence electrons. The van der Waals surface area contributed by atoms with Crippen LogP contribution in [0.2, 0.25) is 10.0 Å². The number of aromatic nitrogens is 2. The lowest BCUT2D eigenvalue weighted by Crippen LogP contribution is -2.37. The van der Waals surface area contributed by atoms with E-state index in [2.05, 4.69) is 14.9 Å². The SMILES string of the molecule is Cc1cc(N2CCC(OCc3ccc(Cl)c(Cl)c3)CC2)nc(C)n1. The lowest BCUT2D eigenvalue weighted by atomic mass is 10.1. The van der Waals surface area contributed by atoms with Gasteiger partial charge in [0.2, 0.25) is 0 Å². The molecule has 6 heteroatoms.